The normalized spacial score (nSPS) is 22.4. The monoisotopic (exact) mass is 1110 g/mol. The van der Waals surface area contributed by atoms with Crippen molar-refractivity contribution in [1.82, 2.24) is 9.97 Å². The van der Waals surface area contributed by atoms with Crippen molar-refractivity contribution in [1.29, 1.82) is 0 Å². The molecule has 7 aromatic rings. The number of benzene rings is 3. The van der Waals surface area contributed by atoms with Crippen molar-refractivity contribution in [2.45, 2.75) is 116 Å². The standard InChI is InChI=1S/C56H58N4O20/c1-23-11-19-31(57-23)49(67)77-43-39(63)53(79-55(5,6)45(43)71-9)73-33-21-17-29-37(61)35(51(69)75-41(29)25(33)3)59-47(65)27-13-15-28(16-14-27)48(66)60-36-38(62)30-18-22-34(26(4)42(30)76-52(36)70)74-54-40(64)44(46(72-10)56(7,8)80-54)78-50(68)32-20-12-24(2)58-32/h11-22,39-40,43-46,53-54,57-58,61-64H,1-10H3,(H,59,65)(H,60,66). The fourth-order valence-corrected chi connectivity index (χ4v) is 9.84. The Morgan fingerprint density at radius 2 is 0.912 bits per heavy atom. The van der Waals surface area contributed by atoms with Gasteiger partial charge in [0.15, 0.2) is 47.3 Å². The lowest BCUT2D eigenvalue weighted by Crippen LogP contribution is -2.65. The number of rotatable bonds is 14. The summed E-state index contributed by atoms with van der Waals surface area (Å²) in [5.41, 5.74) is -4.09. The summed E-state index contributed by atoms with van der Waals surface area (Å²) in [6, 6.07) is 16.9. The van der Waals surface area contributed by atoms with Crippen LogP contribution in [0.15, 0.2) is 91.2 Å². The third-order valence-electron chi connectivity index (χ3n) is 14.0. The highest BCUT2D eigenvalue weighted by molar-refractivity contribution is 6.09. The zero-order valence-corrected chi connectivity index (χ0v) is 44.9. The Morgan fingerprint density at radius 1 is 0.550 bits per heavy atom. The van der Waals surface area contributed by atoms with E-state index in [0.717, 1.165) is 11.4 Å². The van der Waals surface area contributed by atoms with E-state index >= 15 is 0 Å². The lowest BCUT2D eigenvalue weighted by molar-refractivity contribution is -0.305. The SMILES string of the molecule is COC1C(OC(=O)c2ccc(C)[nH]2)C(O)C(Oc2ccc3c(O)c(NC(=O)c4ccc(C(=O)Nc5c(O)c6ccc(OC7OC(C)(C)C(OC)C(OC(=O)c8ccc(C)[nH]8)C7O)c(C)c6oc5=O)cc4)c(=O)oc3c2C)OC1(C)C. The quantitative estimate of drug-likeness (QED) is 0.0461. The minimum absolute atomic E-state index is 0.00246. The molecule has 0 bridgehead atoms. The summed E-state index contributed by atoms with van der Waals surface area (Å²) < 4.78 is 58.3. The molecule has 0 aliphatic carbocycles. The molecule has 2 aliphatic heterocycles. The minimum atomic E-state index is -1.58. The number of aromatic nitrogens is 2. The molecule has 8 N–H and O–H groups in total. The maximum absolute atomic E-state index is 13.5. The molecule has 8 unspecified atom stereocenters. The molecule has 0 radical (unpaired) electrons. The molecular formula is C56H58N4O20. The third kappa shape index (κ3) is 10.6. The molecule has 0 saturated carbocycles. The molecule has 9 rings (SSSR count). The molecule has 4 aromatic heterocycles. The Hall–Kier alpha value is -8.52. The Balaban J connectivity index is 0.866. The Labute approximate surface area is 454 Å². The number of hydrogen-bond donors (Lipinski definition) is 8. The summed E-state index contributed by atoms with van der Waals surface area (Å²) in [7, 11) is 2.77. The van der Waals surface area contributed by atoms with Crippen LogP contribution in [0.25, 0.3) is 21.9 Å². The van der Waals surface area contributed by atoms with E-state index < -0.39 is 118 Å². The first-order chi connectivity index (χ1) is 37.8. The van der Waals surface area contributed by atoms with E-state index in [9.17, 15) is 49.2 Å². The second-order valence-electron chi connectivity index (χ2n) is 20.4. The van der Waals surface area contributed by atoms with Gasteiger partial charge in [-0.25, -0.2) is 19.2 Å². The van der Waals surface area contributed by atoms with Crippen molar-refractivity contribution in [3.63, 3.8) is 0 Å². The molecule has 0 spiro atoms. The molecule has 2 amide bonds. The zero-order chi connectivity index (χ0) is 57.9. The van der Waals surface area contributed by atoms with Crippen molar-refractivity contribution in [2.75, 3.05) is 24.9 Å². The second kappa shape index (κ2) is 21.6. The summed E-state index contributed by atoms with van der Waals surface area (Å²) in [6.07, 6.45) is -10.4. The summed E-state index contributed by atoms with van der Waals surface area (Å²) in [4.78, 5) is 85.6. The smallest absolute Gasteiger partial charge is 0.364 e. The number of methoxy groups -OCH3 is 2. The number of aliphatic hydroxyl groups excluding tert-OH is 2. The lowest BCUT2D eigenvalue weighted by atomic mass is 9.89. The number of aryl methyl sites for hydroxylation is 4. The highest BCUT2D eigenvalue weighted by Gasteiger charge is 2.55. The van der Waals surface area contributed by atoms with E-state index in [0.29, 0.717) is 0 Å². The predicted molar refractivity (Wildman–Crippen MR) is 282 cm³/mol. The number of carbonyl (C=O) groups is 4. The van der Waals surface area contributed by atoms with Crippen LogP contribution in [0.3, 0.4) is 0 Å². The van der Waals surface area contributed by atoms with Crippen LogP contribution >= 0.6 is 0 Å². The summed E-state index contributed by atoms with van der Waals surface area (Å²) in [5, 5.41) is 50.3. The minimum Gasteiger partial charge on any atom is -0.505 e. The maximum Gasteiger partial charge on any atom is 0.364 e. The van der Waals surface area contributed by atoms with Crippen molar-refractivity contribution >= 4 is 57.1 Å². The number of hydrogen-bond acceptors (Lipinski definition) is 20. The largest absolute Gasteiger partial charge is 0.505 e. The van der Waals surface area contributed by atoms with Crippen molar-refractivity contribution < 1.29 is 86.3 Å². The number of amides is 2. The number of ether oxygens (including phenoxy) is 8. The molecule has 80 heavy (non-hydrogen) atoms. The van der Waals surface area contributed by atoms with Crippen molar-refractivity contribution in [3.05, 3.63) is 139 Å². The predicted octanol–water partition coefficient (Wildman–Crippen LogP) is 5.94. The zero-order valence-electron chi connectivity index (χ0n) is 44.9. The van der Waals surface area contributed by atoms with E-state index in [1.807, 2.05) is 0 Å². The molecule has 8 atom stereocenters. The number of nitrogens with one attached hydrogen (secondary N) is 4. The third-order valence-corrected chi connectivity index (χ3v) is 14.0. The Morgan fingerprint density at radius 3 is 1.24 bits per heavy atom. The van der Waals surface area contributed by atoms with Gasteiger partial charge in [0, 0.05) is 47.9 Å². The molecule has 422 valence electrons. The molecule has 2 saturated heterocycles. The average molecular weight is 1110 g/mol. The fourth-order valence-electron chi connectivity index (χ4n) is 9.84. The van der Waals surface area contributed by atoms with Crippen LogP contribution in [0.1, 0.15) is 91.9 Å². The topological polar surface area (TPSA) is 339 Å². The molecule has 24 nitrogen and oxygen atoms in total. The highest BCUT2D eigenvalue weighted by Crippen LogP contribution is 2.41. The van der Waals surface area contributed by atoms with Crippen LogP contribution in [0.4, 0.5) is 11.4 Å². The van der Waals surface area contributed by atoms with E-state index in [-0.39, 0.29) is 67.1 Å². The van der Waals surface area contributed by atoms with Crippen molar-refractivity contribution in [3.8, 4) is 23.0 Å². The van der Waals surface area contributed by atoms with E-state index in [4.69, 9.17) is 46.7 Å². The van der Waals surface area contributed by atoms with Crippen LogP contribution in [0.2, 0.25) is 0 Å². The average Bonchev–Trinajstić information content (AvgIpc) is 4.15. The van der Waals surface area contributed by atoms with Gasteiger partial charge in [-0.2, -0.15) is 0 Å². The van der Waals surface area contributed by atoms with Crippen LogP contribution in [-0.4, -0.2) is 129 Å². The van der Waals surface area contributed by atoms with E-state index in [1.165, 1.54) is 76.6 Å². The molecule has 24 heteroatoms. The molecule has 3 aromatic carbocycles. The number of aromatic amines is 2. The second-order valence-corrected chi connectivity index (χ2v) is 20.4. The van der Waals surface area contributed by atoms with Gasteiger partial charge in [-0.05, 0) is 128 Å². The summed E-state index contributed by atoms with van der Waals surface area (Å²) >= 11 is 0. The fraction of sp³-hybridized carbons (Fsp3) is 0.357. The molecule has 6 heterocycles. The van der Waals surface area contributed by atoms with Gasteiger partial charge in [-0.3, -0.25) is 9.59 Å². The van der Waals surface area contributed by atoms with Gasteiger partial charge in [0.05, 0.1) is 22.0 Å². The Bertz CT molecular complexity index is 3450. The number of anilines is 2. The maximum atomic E-state index is 13.5. The number of aromatic hydroxyl groups is 2. The number of carbonyl (C=O) groups excluding carboxylic acids is 4. The van der Waals surface area contributed by atoms with Crippen LogP contribution in [0, 0.1) is 27.7 Å². The van der Waals surface area contributed by atoms with E-state index in [2.05, 4.69) is 20.6 Å². The number of H-pyrrole nitrogens is 2. The van der Waals surface area contributed by atoms with Gasteiger partial charge in [0.1, 0.15) is 46.3 Å². The Kier molecular flexibility index (Phi) is 15.2. The van der Waals surface area contributed by atoms with Gasteiger partial charge in [0.2, 0.25) is 12.6 Å². The van der Waals surface area contributed by atoms with E-state index in [1.54, 1.807) is 65.8 Å². The number of fused-ring (bicyclic) bond motifs is 2. The molecule has 2 fully saturated rings. The molecule has 2 aliphatic rings. The van der Waals surface area contributed by atoms with Crippen molar-refractivity contribution in [2.24, 2.45) is 0 Å². The molecular weight excluding hydrogens is 1050 g/mol. The first-order valence-electron chi connectivity index (χ1n) is 25.0. The van der Waals surface area contributed by atoms with Gasteiger partial charge < -0.3 is 87.8 Å². The summed E-state index contributed by atoms with van der Waals surface area (Å²) in [6.45, 7) is 13.2. The first kappa shape index (κ1) is 56.2. The van der Waals surface area contributed by atoms with Gasteiger partial charge in [0.25, 0.3) is 11.8 Å². The van der Waals surface area contributed by atoms with Gasteiger partial charge in [-0.15, -0.1) is 0 Å². The first-order valence-corrected chi connectivity index (χ1v) is 25.0. The van der Waals surface area contributed by atoms with Crippen LogP contribution < -0.4 is 31.4 Å². The number of aliphatic hydroxyl groups is 2. The van der Waals surface area contributed by atoms with Crippen LogP contribution in [-0.2, 0) is 28.4 Å². The highest BCUT2D eigenvalue weighted by atomic mass is 16.7. The van der Waals surface area contributed by atoms with Gasteiger partial charge in [-0.1, -0.05) is 0 Å². The summed E-state index contributed by atoms with van der Waals surface area (Å²) in [5.74, 6) is -4.43. The lowest BCUT2D eigenvalue weighted by Gasteiger charge is -2.47. The van der Waals surface area contributed by atoms with Gasteiger partial charge >= 0.3 is 23.2 Å². The van der Waals surface area contributed by atoms with Crippen LogP contribution in [0.5, 0.6) is 23.0 Å². The number of esters is 2.